The van der Waals surface area contributed by atoms with Crippen molar-refractivity contribution in [1.82, 2.24) is 78.9 Å². The maximum Gasteiger partial charge on any atom is 0.248 e. The molecular formula is C74H122N16O19. The molecule has 18 N–H and O–H groups in total. The number of nitrogens with zero attached hydrogens (tertiary/aromatic N) is 2. The van der Waals surface area contributed by atoms with E-state index in [1.54, 1.807) is 62.3 Å². The Kier molecular flexibility index (Phi) is 33.8. The summed E-state index contributed by atoms with van der Waals surface area (Å²) in [5.41, 5.74) is -3.99. The number of carbonyl (C=O) groups excluding carboxylic acids is 16. The molecule has 0 aromatic heterocycles. The summed E-state index contributed by atoms with van der Waals surface area (Å²) in [7, 11) is 0. The van der Waals surface area contributed by atoms with Crippen LogP contribution in [0.1, 0.15) is 189 Å². The van der Waals surface area contributed by atoms with Gasteiger partial charge >= 0.3 is 0 Å². The maximum absolute atomic E-state index is 14.6. The van der Waals surface area contributed by atoms with E-state index in [1.165, 1.54) is 83.1 Å². The van der Waals surface area contributed by atoms with Gasteiger partial charge in [-0.3, -0.25) is 76.7 Å². The van der Waals surface area contributed by atoms with E-state index in [-0.39, 0.29) is 50.5 Å². The van der Waals surface area contributed by atoms with Crippen LogP contribution in [0.3, 0.4) is 0 Å². The van der Waals surface area contributed by atoms with Crippen LogP contribution in [-0.4, -0.2) is 240 Å². The Morgan fingerprint density at radius 3 is 1.42 bits per heavy atom. The molecule has 2 aliphatic heterocycles. The van der Waals surface area contributed by atoms with Crippen molar-refractivity contribution in [3.63, 3.8) is 0 Å². The van der Waals surface area contributed by atoms with Crippen LogP contribution in [0.15, 0.2) is 30.3 Å². The van der Waals surface area contributed by atoms with Crippen molar-refractivity contribution in [2.24, 2.45) is 29.4 Å². The van der Waals surface area contributed by atoms with Crippen LogP contribution >= 0.6 is 0 Å². The monoisotopic (exact) mass is 1540 g/mol. The highest BCUT2D eigenvalue weighted by Gasteiger charge is 2.50. The van der Waals surface area contributed by atoms with Crippen molar-refractivity contribution >= 4 is 94.5 Å². The Bertz CT molecular complexity index is 3490. The van der Waals surface area contributed by atoms with E-state index in [0.29, 0.717) is 0 Å². The van der Waals surface area contributed by atoms with Gasteiger partial charge in [0.25, 0.3) is 0 Å². The third-order valence-electron chi connectivity index (χ3n) is 19.0. The Morgan fingerprint density at radius 1 is 0.495 bits per heavy atom. The lowest BCUT2D eigenvalue weighted by atomic mass is 9.94. The molecule has 2 aliphatic rings. The van der Waals surface area contributed by atoms with Crippen LogP contribution < -0.4 is 74.9 Å². The molecule has 2 fully saturated rings. The van der Waals surface area contributed by atoms with E-state index >= 15 is 0 Å². The zero-order valence-corrected chi connectivity index (χ0v) is 67.1. The number of aliphatic hydroxyl groups excluding tert-OH is 3. The minimum absolute atomic E-state index is 0.0280. The smallest absolute Gasteiger partial charge is 0.248 e. The molecule has 612 valence electrons. The van der Waals surface area contributed by atoms with E-state index in [0.717, 1.165) is 15.4 Å². The van der Waals surface area contributed by atoms with Gasteiger partial charge in [-0.05, 0) is 131 Å². The third-order valence-corrected chi connectivity index (χ3v) is 19.0. The molecule has 16 amide bonds. The first kappa shape index (κ1) is 93.8. The molecule has 0 aliphatic carbocycles. The van der Waals surface area contributed by atoms with E-state index in [9.17, 15) is 92.0 Å². The molecule has 0 unspecified atom stereocenters. The molecule has 0 spiro atoms. The third kappa shape index (κ3) is 27.3. The predicted molar refractivity (Wildman–Crippen MR) is 400 cm³/mol. The lowest BCUT2D eigenvalue weighted by Crippen LogP contribution is -2.67. The lowest BCUT2D eigenvalue weighted by molar-refractivity contribution is -0.147. The highest BCUT2D eigenvalue weighted by Crippen LogP contribution is 2.27. The summed E-state index contributed by atoms with van der Waals surface area (Å²) >= 11 is 0. The summed E-state index contributed by atoms with van der Waals surface area (Å²) in [6.45, 7) is 29.4. The van der Waals surface area contributed by atoms with Crippen molar-refractivity contribution < 1.29 is 92.0 Å². The van der Waals surface area contributed by atoms with Gasteiger partial charge in [0.05, 0.1) is 31.4 Å². The number of carbonyl (C=O) groups is 16. The number of amides is 16. The fourth-order valence-corrected chi connectivity index (χ4v) is 12.1. The number of hydrogen-bond acceptors (Lipinski definition) is 19. The van der Waals surface area contributed by atoms with Crippen molar-refractivity contribution in [2.45, 2.75) is 284 Å². The number of nitrogens with two attached hydrogens (primary N) is 1. The molecular weight excluding hydrogens is 1420 g/mol. The van der Waals surface area contributed by atoms with Gasteiger partial charge in [0.1, 0.15) is 75.5 Å². The summed E-state index contributed by atoms with van der Waals surface area (Å²) in [6.07, 6.45) is -3.82. The molecule has 2 heterocycles. The number of aliphatic hydroxyl groups is 3. The number of benzene rings is 1. The summed E-state index contributed by atoms with van der Waals surface area (Å²) < 4.78 is 0. The van der Waals surface area contributed by atoms with Crippen molar-refractivity contribution in [3.8, 4) is 0 Å². The van der Waals surface area contributed by atoms with Crippen LogP contribution in [0.4, 0.5) is 0 Å². The van der Waals surface area contributed by atoms with Gasteiger partial charge in [-0.1, -0.05) is 92.6 Å². The molecule has 3 rings (SSSR count). The largest absolute Gasteiger partial charge is 0.394 e. The van der Waals surface area contributed by atoms with Gasteiger partial charge in [-0.2, -0.15) is 0 Å². The highest BCUT2D eigenvalue weighted by molar-refractivity contribution is 6.03. The van der Waals surface area contributed by atoms with Gasteiger partial charge in [0.2, 0.25) is 94.5 Å². The Labute approximate surface area is 638 Å². The number of nitrogens with one attached hydrogen (secondary N) is 13. The molecule has 35 heteroatoms. The van der Waals surface area contributed by atoms with E-state index in [4.69, 9.17) is 5.73 Å². The van der Waals surface area contributed by atoms with Gasteiger partial charge in [0, 0.05) is 39.3 Å². The molecule has 0 radical (unpaired) electrons. The second-order valence-electron chi connectivity index (χ2n) is 32.8. The summed E-state index contributed by atoms with van der Waals surface area (Å²) in [5, 5.41) is 65.8. The molecule has 0 bridgehead atoms. The number of primary amides is 1. The number of likely N-dealkylation sites (tertiary alicyclic amines) is 2. The van der Waals surface area contributed by atoms with E-state index in [2.05, 4.69) is 69.1 Å². The van der Waals surface area contributed by atoms with Crippen molar-refractivity contribution in [3.05, 3.63) is 35.9 Å². The van der Waals surface area contributed by atoms with Crippen LogP contribution in [0.25, 0.3) is 0 Å². The number of hydrogen-bond donors (Lipinski definition) is 17. The number of β-amino-alcohol motifs (C(OH)–C–C–N with tert-alkyl or cyclic N) is 2. The zero-order valence-electron chi connectivity index (χ0n) is 67.1. The fraction of sp³-hybridized carbons (Fsp3) is 0.703. The quantitative estimate of drug-likeness (QED) is 0.0317. The van der Waals surface area contributed by atoms with Crippen molar-refractivity contribution in [1.29, 1.82) is 0 Å². The second kappa shape index (κ2) is 39.3. The van der Waals surface area contributed by atoms with Crippen LogP contribution in [0.2, 0.25) is 0 Å². The Balaban J connectivity index is 1.73. The minimum Gasteiger partial charge on any atom is -0.394 e. The van der Waals surface area contributed by atoms with Gasteiger partial charge in [0.15, 0.2) is 0 Å². The first-order valence-corrected chi connectivity index (χ1v) is 37.0. The average Bonchev–Trinajstić information content (AvgIpc) is 1.77. The molecule has 0 saturated carbocycles. The minimum atomic E-state index is -1.89. The van der Waals surface area contributed by atoms with Crippen LogP contribution in [0.5, 0.6) is 0 Å². The molecule has 35 nitrogen and oxygen atoms in total. The summed E-state index contributed by atoms with van der Waals surface area (Å²) in [4.78, 5) is 222. The lowest BCUT2D eigenvalue weighted by Gasteiger charge is -2.37. The topological polar surface area (TPSA) is 523 Å². The second-order valence-corrected chi connectivity index (χ2v) is 32.8. The molecule has 1 aromatic carbocycles. The fourth-order valence-electron chi connectivity index (χ4n) is 12.1. The van der Waals surface area contributed by atoms with Crippen LogP contribution in [-0.2, 0) is 83.1 Å². The zero-order chi connectivity index (χ0) is 83.6. The molecule has 11 atom stereocenters. The van der Waals surface area contributed by atoms with Gasteiger partial charge in [-0.25, -0.2) is 0 Å². The normalized spacial score (nSPS) is 18.4. The standard InChI is InChI=1S/C74H122N16O19/c1-22-74(21,68(109)90-36-46(94)33-50(90)59(100)83-69(11,12)63(104)78-44(37-91)31-43-26-24-23-25-27-43)86-57(98)47(28-29-51(75)95)80-58(99)49-32-45(93)35-89(49)67(108)73(19,20)85-62(103)55(41(8)9)81-56(97)48(30-38(2)3)79-52(96)34-76-60(101)53(39(4)5)82-64(105)70(13,14)87-66(107)72(17,18)88-65(106)71(15,16)84-61(102)54(40(6)7)77-42(10)92/h23-27,38-41,44-50,53-55,91,93-94H,22,28-37H2,1-21H3,(H2,75,95)(H,76,101)(H,77,92)(H,78,104)(H,79,96)(H,80,99)(H,81,97)(H,82,105)(H,83,100)(H,84,102)(H,85,103)(H,86,98)(H,87,107)(H,88,106)/t44-,45+,46+,47-,48-,49-,50+,53-,54+,55+,74-/m0/s1. The van der Waals surface area contributed by atoms with Gasteiger partial charge in [-0.15, -0.1) is 0 Å². The Hall–Kier alpha value is -9.38. The molecule has 109 heavy (non-hydrogen) atoms. The van der Waals surface area contributed by atoms with Crippen LogP contribution in [0, 0.1) is 23.7 Å². The number of rotatable bonds is 39. The van der Waals surface area contributed by atoms with E-state index < -0.39 is 233 Å². The highest BCUT2D eigenvalue weighted by atomic mass is 16.3. The SMILES string of the molecule is CC[C@](C)(NC(=O)[C@H](CCC(N)=O)NC(=O)[C@@H]1C[C@@H](O)CN1C(=O)C(C)(C)NC(=O)[C@H](NC(=O)[C@H](CC(C)C)NC(=O)CNC(=O)[C@@H](NC(=O)C(C)(C)NC(=O)C(C)(C)NC(=O)C(C)(C)NC(=O)[C@H](NC(C)=O)C(C)C)C(C)C)C(C)C)C(=O)N1C[C@H](O)C[C@@H]1C(=O)NC(C)(C)C(=O)N[C@H](CO)Cc1ccccc1. The van der Waals surface area contributed by atoms with E-state index in [1.807, 2.05) is 30.3 Å². The first-order chi connectivity index (χ1) is 50.1. The molecule has 1 aromatic rings. The maximum atomic E-state index is 14.6. The summed E-state index contributed by atoms with van der Waals surface area (Å²) in [5.74, 6) is -14.7. The van der Waals surface area contributed by atoms with Gasteiger partial charge < -0.3 is 100.0 Å². The van der Waals surface area contributed by atoms with Crippen molar-refractivity contribution in [2.75, 3.05) is 26.2 Å². The predicted octanol–water partition coefficient (Wildman–Crippen LogP) is -2.77. The average molecular weight is 1540 g/mol. The Morgan fingerprint density at radius 2 is 0.945 bits per heavy atom. The summed E-state index contributed by atoms with van der Waals surface area (Å²) in [6, 6.07) is -1.02. The first-order valence-electron chi connectivity index (χ1n) is 37.0. The molecule has 2 saturated heterocycles.